The number of benzene rings is 1. The van der Waals surface area contributed by atoms with Crippen molar-refractivity contribution in [1.29, 1.82) is 0 Å². The van der Waals surface area contributed by atoms with Gasteiger partial charge in [0.25, 0.3) is 0 Å². The van der Waals surface area contributed by atoms with Gasteiger partial charge in [0.2, 0.25) is 0 Å². The van der Waals surface area contributed by atoms with E-state index in [0.29, 0.717) is 30.6 Å². The van der Waals surface area contributed by atoms with Crippen LogP contribution in [0.3, 0.4) is 0 Å². The molecule has 1 aromatic rings. The molecule has 1 fully saturated rings. The highest BCUT2D eigenvalue weighted by Gasteiger charge is 2.25. The zero-order valence-corrected chi connectivity index (χ0v) is 19.0. The van der Waals surface area contributed by atoms with Crippen molar-refractivity contribution >= 4 is 12.0 Å². The molecule has 0 aromatic heterocycles. The third-order valence-corrected chi connectivity index (χ3v) is 5.96. The summed E-state index contributed by atoms with van der Waals surface area (Å²) in [6.07, 6.45) is 4.99. The highest BCUT2D eigenvalue weighted by Crippen LogP contribution is 2.26. The van der Waals surface area contributed by atoms with Crippen molar-refractivity contribution in [2.75, 3.05) is 31.1 Å². The molecule has 162 valence electrons. The highest BCUT2D eigenvalue weighted by molar-refractivity contribution is 5.55. The average molecular weight is 401 g/mol. The van der Waals surface area contributed by atoms with Gasteiger partial charge in [-0.05, 0) is 62.6 Å². The van der Waals surface area contributed by atoms with Gasteiger partial charge in [-0.2, -0.15) is 0 Å². The Morgan fingerprint density at radius 2 is 1.79 bits per heavy atom. The fourth-order valence-electron chi connectivity index (χ4n) is 4.19. The molecule has 0 saturated carbocycles. The van der Waals surface area contributed by atoms with E-state index in [-0.39, 0.29) is 0 Å². The Morgan fingerprint density at radius 1 is 1.17 bits per heavy atom. The summed E-state index contributed by atoms with van der Waals surface area (Å²) in [7, 11) is 0. The summed E-state index contributed by atoms with van der Waals surface area (Å²) in [4.78, 5) is 15.7. The number of carbonyl (C=O) groups is 1. The second-order valence-corrected chi connectivity index (χ2v) is 9.26. The maximum Gasteiger partial charge on any atom is 0.148 e. The Bertz CT molecular complexity index is 641. The van der Waals surface area contributed by atoms with Gasteiger partial charge >= 0.3 is 0 Å². The molecule has 0 amide bonds. The minimum Gasteiger partial charge on any atom is -0.386 e. The van der Waals surface area contributed by atoms with Crippen molar-refractivity contribution < 1.29 is 9.90 Å². The lowest BCUT2D eigenvalue weighted by Gasteiger charge is -2.40. The summed E-state index contributed by atoms with van der Waals surface area (Å²) in [5.74, 6) is 0.885. The van der Waals surface area contributed by atoms with Crippen LogP contribution in [0.5, 0.6) is 0 Å². The predicted octanol–water partition coefficient (Wildman–Crippen LogP) is 4.63. The highest BCUT2D eigenvalue weighted by atomic mass is 16.3. The molecule has 1 N–H and O–H groups in total. The van der Waals surface area contributed by atoms with Crippen LogP contribution in [-0.2, 0) is 4.79 Å². The molecule has 2 rings (SSSR count). The molecule has 1 heterocycles. The van der Waals surface area contributed by atoms with Crippen LogP contribution in [0.25, 0.3) is 0 Å². The second-order valence-electron chi connectivity index (χ2n) is 9.26. The topological polar surface area (TPSA) is 43.8 Å². The number of aliphatic hydroxyl groups excluding tert-OH is 1. The molecule has 1 aliphatic heterocycles. The Labute approximate surface area is 177 Å². The van der Waals surface area contributed by atoms with E-state index in [0.717, 1.165) is 39.0 Å². The van der Waals surface area contributed by atoms with Gasteiger partial charge in [0, 0.05) is 37.9 Å². The molecule has 0 aliphatic carbocycles. The largest absolute Gasteiger partial charge is 0.386 e. The number of hydrogen-bond donors (Lipinski definition) is 1. The normalized spacial score (nSPS) is 17.8. The van der Waals surface area contributed by atoms with Gasteiger partial charge in [-0.25, -0.2) is 0 Å². The first-order valence-electron chi connectivity index (χ1n) is 11.2. The summed E-state index contributed by atoms with van der Waals surface area (Å²) < 4.78 is 0. The summed E-state index contributed by atoms with van der Waals surface area (Å²) in [6.45, 7) is 15.0. The van der Waals surface area contributed by atoms with Gasteiger partial charge < -0.3 is 19.7 Å². The number of piperidine rings is 1. The molecule has 2 unspecified atom stereocenters. The fraction of sp³-hybridized carbons (Fsp3) is 0.640. The third kappa shape index (κ3) is 7.60. The third-order valence-electron chi connectivity index (χ3n) is 5.96. The summed E-state index contributed by atoms with van der Waals surface area (Å²) in [5.41, 5.74) is 4.05. The van der Waals surface area contributed by atoms with Crippen molar-refractivity contribution in [2.45, 2.75) is 71.9 Å². The Hall–Kier alpha value is -1.65. The standard InChI is InChI=1S/C25H40N2O2/c1-19(2)10-15-27(23-8-6-22(7-9-23)20(3)4)24-11-13-26(14-12-24)17-21(5)16-25(29)18-28/h6-10,18,20-21,24-25,29H,11-17H2,1-5H3. The van der Waals surface area contributed by atoms with Crippen LogP contribution in [0.2, 0.25) is 0 Å². The predicted molar refractivity (Wildman–Crippen MR) is 123 cm³/mol. The summed E-state index contributed by atoms with van der Waals surface area (Å²) in [6, 6.07) is 9.64. The minimum absolute atomic E-state index is 0.331. The zero-order valence-electron chi connectivity index (χ0n) is 19.0. The van der Waals surface area contributed by atoms with E-state index in [9.17, 15) is 9.90 Å². The lowest BCUT2D eigenvalue weighted by atomic mass is 9.98. The first-order valence-corrected chi connectivity index (χ1v) is 11.2. The van der Waals surface area contributed by atoms with Crippen LogP contribution in [0, 0.1) is 5.92 Å². The van der Waals surface area contributed by atoms with Crippen LogP contribution in [-0.4, -0.2) is 54.6 Å². The molecule has 4 nitrogen and oxygen atoms in total. The number of hydrogen-bond acceptors (Lipinski definition) is 4. The van der Waals surface area contributed by atoms with Crippen LogP contribution in [0.4, 0.5) is 5.69 Å². The van der Waals surface area contributed by atoms with E-state index in [2.05, 4.69) is 74.8 Å². The number of anilines is 1. The van der Waals surface area contributed by atoms with E-state index in [1.807, 2.05) is 0 Å². The first-order chi connectivity index (χ1) is 13.8. The molecule has 4 heteroatoms. The lowest BCUT2D eigenvalue weighted by molar-refractivity contribution is -0.115. The Balaban J connectivity index is 2.00. The molecule has 0 radical (unpaired) electrons. The van der Waals surface area contributed by atoms with Crippen molar-refractivity contribution in [3.05, 3.63) is 41.5 Å². The molecule has 1 aliphatic rings. The van der Waals surface area contributed by atoms with Gasteiger partial charge in [-0.3, -0.25) is 0 Å². The van der Waals surface area contributed by atoms with Gasteiger partial charge in [-0.1, -0.05) is 44.6 Å². The van der Waals surface area contributed by atoms with E-state index >= 15 is 0 Å². The molecule has 1 saturated heterocycles. The van der Waals surface area contributed by atoms with Crippen molar-refractivity contribution in [2.24, 2.45) is 5.92 Å². The summed E-state index contributed by atoms with van der Waals surface area (Å²) >= 11 is 0. The zero-order chi connectivity index (χ0) is 21.4. The van der Waals surface area contributed by atoms with E-state index in [1.165, 1.54) is 16.8 Å². The molecule has 0 bridgehead atoms. The summed E-state index contributed by atoms with van der Waals surface area (Å²) in [5, 5.41) is 9.56. The van der Waals surface area contributed by atoms with Gasteiger partial charge in [0.15, 0.2) is 0 Å². The van der Waals surface area contributed by atoms with Crippen molar-refractivity contribution in [1.82, 2.24) is 4.90 Å². The number of rotatable bonds is 10. The van der Waals surface area contributed by atoms with Crippen LogP contribution in [0.1, 0.15) is 65.4 Å². The van der Waals surface area contributed by atoms with Crippen LogP contribution in [0.15, 0.2) is 35.9 Å². The smallest absolute Gasteiger partial charge is 0.148 e. The minimum atomic E-state index is -0.823. The quantitative estimate of drug-likeness (QED) is 0.459. The maximum absolute atomic E-state index is 10.7. The number of aliphatic hydroxyl groups is 1. The monoisotopic (exact) mass is 400 g/mol. The lowest BCUT2D eigenvalue weighted by Crippen LogP contribution is -2.46. The van der Waals surface area contributed by atoms with Crippen LogP contribution < -0.4 is 4.90 Å². The molecular weight excluding hydrogens is 360 g/mol. The Kier molecular flexibility index (Phi) is 9.38. The molecule has 0 spiro atoms. The molecule has 29 heavy (non-hydrogen) atoms. The van der Waals surface area contributed by atoms with Gasteiger partial charge in [-0.15, -0.1) is 0 Å². The second kappa shape index (κ2) is 11.5. The number of aldehydes is 1. The number of carbonyl (C=O) groups excluding carboxylic acids is 1. The van der Waals surface area contributed by atoms with Crippen molar-refractivity contribution in [3.8, 4) is 0 Å². The van der Waals surface area contributed by atoms with Crippen LogP contribution >= 0.6 is 0 Å². The first kappa shape index (κ1) is 23.6. The average Bonchev–Trinajstić information content (AvgIpc) is 2.69. The van der Waals surface area contributed by atoms with Gasteiger partial charge in [0.05, 0.1) is 0 Å². The van der Waals surface area contributed by atoms with Crippen molar-refractivity contribution in [3.63, 3.8) is 0 Å². The van der Waals surface area contributed by atoms with E-state index in [4.69, 9.17) is 0 Å². The maximum atomic E-state index is 10.7. The molecule has 2 atom stereocenters. The van der Waals surface area contributed by atoms with E-state index in [1.54, 1.807) is 0 Å². The van der Waals surface area contributed by atoms with Gasteiger partial charge in [0.1, 0.15) is 12.4 Å². The fourth-order valence-corrected chi connectivity index (χ4v) is 4.19. The Morgan fingerprint density at radius 3 is 2.31 bits per heavy atom. The number of likely N-dealkylation sites (tertiary alicyclic amines) is 1. The molecular formula is C25H40N2O2. The SMILES string of the molecule is CC(C)=CCN(c1ccc(C(C)C)cc1)C1CCN(CC(C)CC(O)C=O)CC1. The molecule has 1 aromatic carbocycles. The number of allylic oxidation sites excluding steroid dienone is 1. The number of nitrogens with zero attached hydrogens (tertiary/aromatic N) is 2. The van der Waals surface area contributed by atoms with E-state index < -0.39 is 6.10 Å².